The van der Waals surface area contributed by atoms with Crippen LogP contribution in [-0.4, -0.2) is 19.4 Å². The van der Waals surface area contributed by atoms with Crippen LogP contribution < -0.4 is 15.7 Å². The fourth-order valence-electron chi connectivity index (χ4n) is 3.88. The van der Waals surface area contributed by atoms with Gasteiger partial charge in [0.2, 0.25) is 10.0 Å². The summed E-state index contributed by atoms with van der Waals surface area (Å²) in [5.74, 6) is -0.728. The van der Waals surface area contributed by atoms with Crippen LogP contribution in [-0.2, 0) is 22.2 Å². The number of carbonyl (C=O) groups is 1. The van der Waals surface area contributed by atoms with Crippen LogP contribution in [0.15, 0.2) is 82.0 Å². The molecule has 192 valence electrons. The topological polar surface area (TPSA) is 126 Å². The van der Waals surface area contributed by atoms with Crippen LogP contribution in [0, 0.1) is 5.92 Å². The summed E-state index contributed by atoms with van der Waals surface area (Å²) in [5.41, 5.74) is 0.755. The molecule has 0 aliphatic heterocycles. The normalized spacial score (nSPS) is 11.5. The maximum atomic E-state index is 12.8. The zero-order valence-corrected chi connectivity index (χ0v) is 21.3. The molecule has 1 aromatic heterocycles. The Kier molecular flexibility index (Phi) is 7.63. The number of anilines is 2. The van der Waals surface area contributed by atoms with Gasteiger partial charge in [-0.3, -0.25) is 9.52 Å². The minimum Gasteiger partial charge on any atom is -0.505 e. The fourth-order valence-corrected chi connectivity index (χ4v) is 5.07. The molecule has 0 bridgehead atoms. The molecule has 0 aliphatic carbocycles. The number of benzene rings is 3. The Balaban J connectivity index is 1.55. The van der Waals surface area contributed by atoms with Crippen molar-refractivity contribution in [3.8, 4) is 5.75 Å². The highest BCUT2D eigenvalue weighted by atomic mass is 32.2. The maximum absolute atomic E-state index is 12.8. The van der Waals surface area contributed by atoms with Gasteiger partial charge < -0.3 is 14.8 Å². The average molecular weight is 521 g/mol. The molecule has 37 heavy (non-hydrogen) atoms. The van der Waals surface area contributed by atoms with E-state index in [9.17, 15) is 23.1 Å². The molecule has 3 aromatic carbocycles. The van der Waals surface area contributed by atoms with E-state index < -0.39 is 27.3 Å². The van der Waals surface area contributed by atoms with Gasteiger partial charge >= 0.3 is 5.63 Å². The highest BCUT2D eigenvalue weighted by Crippen LogP contribution is 2.32. The van der Waals surface area contributed by atoms with E-state index in [1.807, 2.05) is 6.07 Å². The molecule has 9 heteroatoms. The van der Waals surface area contributed by atoms with Crippen LogP contribution in [0.2, 0.25) is 0 Å². The highest BCUT2D eigenvalue weighted by Gasteiger charge is 2.19. The first-order valence-electron chi connectivity index (χ1n) is 11.9. The first kappa shape index (κ1) is 26.0. The Morgan fingerprint density at radius 2 is 1.70 bits per heavy atom. The van der Waals surface area contributed by atoms with E-state index in [1.165, 1.54) is 18.2 Å². The number of aryl methyl sites for hydroxylation is 1. The van der Waals surface area contributed by atoms with Crippen LogP contribution in [0.4, 0.5) is 11.4 Å². The van der Waals surface area contributed by atoms with Crippen molar-refractivity contribution < 1.29 is 22.7 Å². The number of aromatic hydroxyl groups is 1. The van der Waals surface area contributed by atoms with E-state index in [2.05, 4.69) is 23.9 Å². The molecule has 1 amide bonds. The van der Waals surface area contributed by atoms with E-state index in [1.54, 1.807) is 48.5 Å². The second-order valence-electron chi connectivity index (χ2n) is 9.26. The molecule has 0 atom stereocenters. The molecule has 3 N–H and O–H groups in total. The van der Waals surface area contributed by atoms with Crippen LogP contribution in [0.5, 0.6) is 5.75 Å². The van der Waals surface area contributed by atoms with Gasteiger partial charge in [0.15, 0.2) is 11.4 Å². The summed E-state index contributed by atoms with van der Waals surface area (Å²) in [7, 11) is -3.73. The molecule has 0 fully saturated rings. The minimum absolute atomic E-state index is 0.0314. The maximum Gasteiger partial charge on any atom is 0.364 e. The van der Waals surface area contributed by atoms with Crippen LogP contribution in [0.1, 0.15) is 41.8 Å². The lowest BCUT2D eigenvalue weighted by molar-refractivity contribution is 0.102. The third-order valence-corrected chi connectivity index (χ3v) is 7.05. The molecule has 0 saturated heterocycles. The summed E-state index contributed by atoms with van der Waals surface area (Å²) in [6.07, 6.45) is 1.80. The lowest BCUT2D eigenvalue weighted by Crippen LogP contribution is -2.18. The number of rotatable bonds is 9. The van der Waals surface area contributed by atoms with Gasteiger partial charge in [-0.25, -0.2) is 13.2 Å². The average Bonchev–Trinajstić information content (AvgIpc) is 2.85. The fraction of sp³-hybridized carbons (Fsp3) is 0.214. The third-order valence-electron chi connectivity index (χ3n) is 5.79. The van der Waals surface area contributed by atoms with Crippen molar-refractivity contribution in [2.45, 2.75) is 32.4 Å². The number of carbonyl (C=O) groups excluding carboxylic acids is 1. The second kappa shape index (κ2) is 10.9. The van der Waals surface area contributed by atoms with Gasteiger partial charge in [-0.15, -0.1) is 0 Å². The molecular formula is C28H28N2O6S. The third kappa shape index (κ3) is 6.56. The Hall–Kier alpha value is -4.11. The van der Waals surface area contributed by atoms with E-state index in [-0.39, 0.29) is 28.1 Å². The molecule has 0 unspecified atom stereocenters. The molecular weight excluding hydrogens is 492 g/mol. The van der Waals surface area contributed by atoms with Gasteiger partial charge in [-0.1, -0.05) is 56.3 Å². The zero-order chi connectivity index (χ0) is 26.6. The summed E-state index contributed by atoms with van der Waals surface area (Å²) in [6.45, 7) is 4.25. The van der Waals surface area contributed by atoms with E-state index in [4.69, 9.17) is 4.42 Å². The van der Waals surface area contributed by atoms with E-state index >= 15 is 0 Å². The van der Waals surface area contributed by atoms with Gasteiger partial charge in [0, 0.05) is 11.6 Å². The highest BCUT2D eigenvalue weighted by molar-refractivity contribution is 7.91. The van der Waals surface area contributed by atoms with Crippen molar-refractivity contribution >= 4 is 38.3 Å². The van der Waals surface area contributed by atoms with Gasteiger partial charge in [0.1, 0.15) is 5.58 Å². The first-order valence-corrected chi connectivity index (χ1v) is 13.5. The predicted molar refractivity (Wildman–Crippen MR) is 144 cm³/mol. The lowest BCUT2D eigenvalue weighted by atomic mass is 10.0. The summed E-state index contributed by atoms with van der Waals surface area (Å²) in [6, 6.07) is 19.9. The number of nitrogens with one attached hydrogen (secondary N) is 2. The molecule has 0 saturated carbocycles. The largest absolute Gasteiger partial charge is 0.505 e. The van der Waals surface area contributed by atoms with Crippen molar-refractivity contribution in [1.82, 2.24) is 0 Å². The van der Waals surface area contributed by atoms with Crippen molar-refractivity contribution in [3.63, 3.8) is 0 Å². The van der Waals surface area contributed by atoms with Gasteiger partial charge in [-0.05, 0) is 54.2 Å². The first-order chi connectivity index (χ1) is 17.6. The molecule has 8 nitrogen and oxygen atoms in total. The minimum atomic E-state index is -3.73. The van der Waals surface area contributed by atoms with Crippen LogP contribution in [0.25, 0.3) is 11.0 Å². The Morgan fingerprint density at radius 1 is 0.973 bits per heavy atom. The smallest absolute Gasteiger partial charge is 0.364 e. The summed E-state index contributed by atoms with van der Waals surface area (Å²) >= 11 is 0. The summed E-state index contributed by atoms with van der Waals surface area (Å²) < 4.78 is 32.8. The molecule has 0 aliphatic rings. The standard InChI is InChI=1S/C28H28N2O6S/c1-18(2)11-12-19-9-6-10-21(15-19)27(32)29-25-26(31)23-14-13-22(16-24(23)36-28(25)33)30-37(34,35)17-20-7-4-3-5-8-20/h3-10,13-16,18,30-31H,11-12,17H2,1-2H3,(H,29,32). The van der Waals surface area contributed by atoms with Gasteiger partial charge in [-0.2, -0.15) is 0 Å². The quantitative estimate of drug-likeness (QED) is 0.258. The molecule has 4 rings (SSSR count). The van der Waals surface area contributed by atoms with Crippen molar-refractivity contribution in [1.29, 1.82) is 0 Å². The number of sulfonamides is 1. The van der Waals surface area contributed by atoms with Crippen LogP contribution >= 0.6 is 0 Å². The summed E-state index contributed by atoms with van der Waals surface area (Å²) in [4.78, 5) is 25.4. The Bertz CT molecular complexity index is 1590. The number of hydrogen-bond donors (Lipinski definition) is 3. The number of amides is 1. The molecule has 0 radical (unpaired) electrons. The van der Waals surface area contributed by atoms with Crippen molar-refractivity contribution in [3.05, 3.63) is 99.9 Å². The molecule has 0 spiro atoms. The second-order valence-corrected chi connectivity index (χ2v) is 11.0. The molecule has 4 aromatic rings. The Morgan fingerprint density at radius 3 is 2.43 bits per heavy atom. The van der Waals surface area contributed by atoms with Crippen LogP contribution in [0.3, 0.4) is 0 Å². The zero-order valence-electron chi connectivity index (χ0n) is 20.5. The van der Waals surface area contributed by atoms with Crippen molar-refractivity contribution in [2.24, 2.45) is 5.92 Å². The number of fused-ring (bicyclic) bond motifs is 1. The van der Waals surface area contributed by atoms with Crippen molar-refractivity contribution in [2.75, 3.05) is 10.0 Å². The molecule has 1 heterocycles. The number of hydrogen-bond acceptors (Lipinski definition) is 6. The van der Waals surface area contributed by atoms with Gasteiger partial charge in [0.05, 0.1) is 16.8 Å². The van der Waals surface area contributed by atoms with Gasteiger partial charge in [0.25, 0.3) is 5.91 Å². The SMILES string of the molecule is CC(C)CCc1cccc(C(=O)Nc2c(O)c3ccc(NS(=O)(=O)Cc4ccccc4)cc3oc2=O)c1. The predicted octanol–water partition coefficient (Wildman–Crippen LogP) is 5.28. The van der Waals surface area contributed by atoms with E-state index in [0.29, 0.717) is 17.0 Å². The lowest BCUT2D eigenvalue weighted by Gasteiger charge is -2.11. The Labute approximate surface area is 215 Å². The summed E-state index contributed by atoms with van der Waals surface area (Å²) in [5, 5.41) is 13.3. The monoisotopic (exact) mass is 520 g/mol. The van der Waals surface area contributed by atoms with E-state index in [0.717, 1.165) is 18.4 Å².